The van der Waals surface area contributed by atoms with Gasteiger partial charge in [0.25, 0.3) is 20.4 Å². The SMILES string of the molecule is NS(=O)(=O)N1CCN(CC(F)(F)F)CC1.NS(=O)(=O)N1CCNCC1CC(F)(F)F. The highest BCUT2D eigenvalue weighted by molar-refractivity contribution is 7.87. The Morgan fingerprint density at radius 2 is 1.37 bits per heavy atom. The maximum absolute atomic E-state index is 12.1. The molecule has 18 heteroatoms. The van der Waals surface area contributed by atoms with Crippen LogP contribution in [0.15, 0.2) is 0 Å². The molecule has 180 valence electrons. The van der Waals surface area contributed by atoms with Crippen LogP contribution in [0, 0.1) is 0 Å². The summed E-state index contributed by atoms with van der Waals surface area (Å²) in [6, 6.07) is -1.14. The highest BCUT2D eigenvalue weighted by Crippen LogP contribution is 2.25. The lowest BCUT2D eigenvalue weighted by Gasteiger charge is -2.34. The van der Waals surface area contributed by atoms with E-state index in [9.17, 15) is 43.2 Å². The molecular formula is C12H24F6N6O4S2. The van der Waals surface area contributed by atoms with E-state index in [1.54, 1.807) is 0 Å². The van der Waals surface area contributed by atoms with Crippen LogP contribution in [0.4, 0.5) is 26.3 Å². The lowest BCUT2D eigenvalue weighted by molar-refractivity contribution is -0.148. The molecule has 5 N–H and O–H groups in total. The number of piperazine rings is 2. The van der Waals surface area contributed by atoms with Gasteiger partial charge in [-0.15, -0.1) is 0 Å². The number of hydrogen-bond donors (Lipinski definition) is 3. The predicted octanol–water partition coefficient (Wildman–Crippen LogP) is -1.21. The summed E-state index contributed by atoms with van der Waals surface area (Å²) in [6.45, 7) is -0.637. The van der Waals surface area contributed by atoms with Crippen molar-refractivity contribution in [2.75, 3.05) is 52.4 Å². The van der Waals surface area contributed by atoms with Crippen molar-refractivity contribution in [3.63, 3.8) is 0 Å². The molecular weight excluding hydrogens is 470 g/mol. The zero-order valence-corrected chi connectivity index (χ0v) is 17.3. The van der Waals surface area contributed by atoms with Gasteiger partial charge in [-0.25, -0.2) is 10.3 Å². The van der Waals surface area contributed by atoms with Gasteiger partial charge in [-0.2, -0.15) is 51.8 Å². The van der Waals surface area contributed by atoms with E-state index in [1.807, 2.05) is 0 Å². The molecule has 2 saturated heterocycles. The van der Waals surface area contributed by atoms with Gasteiger partial charge in [-0.1, -0.05) is 0 Å². The summed E-state index contributed by atoms with van der Waals surface area (Å²) in [6.07, 6.45) is -9.83. The van der Waals surface area contributed by atoms with Gasteiger partial charge in [-0.05, 0) is 0 Å². The van der Waals surface area contributed by atoms with Crippen LogP contribution in [-0.2, 0) is 20.4 Å². The summed E-state index contributed by atoms with van der Waals surface area (Å²) in [5.74, 6) is 0. The van der Waals surface area contributed by atoms with Gasteiger partial charge in [0.15, 0.2) is 0 Å². The van der Waals surface area contributed by atoms with Crippen molar-refractivity contribution >= 4 is 20.4 Å². The molecule has 2 fully saturated rings. The molecule has 10 nitrogen and oxygen atoms in total. The number of nitrogens with zero attached hydrogens (tertiary/aromatic N) is 3. The molecule has 0 aromatic rings. The first kappa shape index (κ1) is 27.3. The molecule has 1 atom stereocenters. The third kappa shape index (κ3) is 10.5. The number of nitrogens with one attached hydrogen (secondary N) is 1. The number of nitrogens with two attached hydrogens (primary N) is 2. The lowest BCUT2D eigenvalue weighted by atomic mass is 10.1. The van der Waals surface area contributed by atoms with Crippen LogP contribution in [-0.4, -0.2) is 101 Å². The van der Waals surface area contributed by atoms with E-state index in [2.05, 4.69) is 5.32 Å². The van der Waals surface area contributed by atoms with Gasteiger partial charge in [0.1, 0.15) is 0 Å². The third-order valence-electron chi connectivity index (χ3n) is 4.18. The second-order valence-corrected chi connectivity index (χ2v) is 9.71. The van der Waals surface area contributed by atoms with Crippen molar-refractivity contribution in [2.24, 2.45) is 10.3 Å². The van der Waals surface area contributed by atoms with Crippen molar-refractivity contribution < 1.29 is 43.2 Å². The minimum Gasteiger partial charge on any atom is -0.314 e. The Balaban J connectivity index is 0.000000300. The normalized spacial score (nSPS) is 23.7. The van der Waals surface area contributed by atoms with E-state index in [0.29, 0.717) is 10.8 Å². The zero-order valence-electron chi connectivity index (χ0n) is 15.7. The van der Waals surface area contributed by atoms with Gasteiger partial charge in [0, 0.05) is 51.9 Å². The zero-order chi connectivity index (χ0) is 23.4. The number of hydrogen-bond acceptors (Lipinski definition) is 6. The Morgan fingerprint density at radius 3 is 1.77 bits per heavy atom. The minimum absolute atomic E-state index is 0.00884. The largest absolute Gasteiger partial charge is 0.401 e. The minimum atomic E-state index is -4.40. The maximum atomic E-state index is 12.1. The fraction of sp³-hybridized carbons (Fsp3) is 1.00. The molecule has 0 aromatic carbocycles. The smallest absolute Gasteiger partial charge is 0.314 e. The first-order chi connectivity index (χ1) is 13.4. The standard InChI is InChI=1S/2C6H12F3N3O2S/c7-6(8,9)5-11-1-3-12(4-2-11)15(10,13)14;7-6(8,9)3-5-4-11-1-2-12(5)15(10,13)14/h1-5H2,(H2,10,13,14);5,11H,1-4H2,(H2,10,13,14). The molecule has 0 radical (unpaired) electrons. The summed E-state index contributed by atoms with van der Waals surface area (Å²) in [5.41, 5.74) is 0. The average Bonchev–Trinajstić information content (AvgIpc) is 2.51. The third-order valence-corrected chi connectivity index (χ3v) is 6.40. The van der Waals surface area contributed by atoms with Crippen molar-refractivity contribution in [3.8, 4) is 0 Å². The second kappa shape index (κ2) is 10.2. The Kier molecular flexibility index (Phi) is 9.31. The molecule has 2 aliphatic heterocycles. The van der Waals surface area contributed by atoms with Crippen LogP contribution in [0.2, 0.25) is 0 Å². The van der Waals surface area contributed by atoms with Gasteiger partial charge >= 0.3 is 12.4 Å². The first-order valence-corrected chi connectivity index (χ1v) is 11.5. The molecule has 2 aliphatic rings. The molecule has 0 aromatic heterocycles. The Bertz CT molecular complexity index is 752. The van der Waals surface area contributed by atoms with Gasteiger partial charge in [0.05, 0.1) is 13.0 Å². The van der Waals surface area contributed by atoms with E-state index >= 15 is 0 Å². The van der Waals surface area contributed by atoms with E-state index in [-0.39, 0.29) is 39.3 Å². The summed E-state index contributed by atoms with van der Waals surface area (Å²) >= 11 is 0. The molecule has 2 rings (SSSR count). The summed E-state index contributed by atoms with van der Waals surface area (Å²) in [7, 11) is -7.82. The van der Waals surface area contributed by atoms with E-state index in [4.69, 9.17) is 10.3 Å². The van der Waals surface area contributed by atoms with Crippen LogP contribution >= 0.6 is 0 Å². The van der Waals surface area contributed by atoms with Crippen molar-refractivity contribution in [3.05, 3.63) is 0 Å². The van der Waals surface area contributed by atoms with Gasteiger partial charge in [-0.3, -0.25) is 4.90 Å². The Hall–Kier alpha value is -0.760. The van der Waals surface area contributed by atoms with Crippen LogP contribution < -0.4 is 15.6 Å². The summed E-state index contributed by atoms with van der Waals surface area (Å²) in [5, 5.41) is 12.4. The number of rotatable bonds is 4. The average molecular weight is 494 g/mol. The molecule has 30 heavy (non-hydrogen) atoms. The molecule has 0 amide bonds. The summed E-state index contributed by atoms with van der Waals surface area (Å²) in [4.78, 5) is 1.15. The van der Waals surface area contributed by atoms with Crippen molar-refractivity contribution in [2.45, 2.75) is 24.8 Å². The first-order valence-electron chi connectivity index (χ1n) is 8.52. The topological polar surface area (TPSA) is 142 Å². The number of halogens is 6. The van der Waals surface area contributed by atoms with Crippen LogP contribution in [0.5, 0.6) is 0 Å². The molecule has 1 unspecified atom stereocenters. The van der Waals surface area contributed by atoms with E-state index < -0.39 is 51.8 Å². The van der Waals surface area contributed by atoms with Crippen molar-refractivity contribution in [1.29, 1.82) is 0 Å². The van der Waals surface area contributed by atoms with Crippen LogP contribution in [0.1, 0.15) is 6.42 Å². The van der Waals surface area contributed by atoms with Gasteiger partial charge in [0.2, 0.25) is 0 Å². The fourth-order valence-electron chi connectivity index (χ4n) is 2.91. The second-order valence-electron chi connectivity index (χ2n) is 6.67. The highest BCUT2D eigenvalue weighted by atomic mass is 32.2. The Labute approximate surface area is 170 Å². The van der Waals surface area contributed by atoms with E-state index in [1.165, 1.54) is 0 Å². The van der Waals surface area contributed by atoms with E-state index in [0.717, 1.165) is 9.21 Å². The summed E-state index contributed by atoms with van der Waals surface area (Å²) < 4.78 is 118. The molecule has 2 heterocycles. The predicted molar refractivity (Wildman–Crippen MR) is 94.3 cm³/mol. The monoisotopic (exact) mass is 494 g/mol. The highest BCUT2D eigenvalue weighted by Gasteiger charge is 2.39. The quantitative estimate of drug-likeness (QED) is 0.419. The molecule has 0 spiro atoms. The lowest BCUT2D eigenvalue weighted by Crippen LogP contribution is -2.56. The number of alkyl halides is 6. The Morgan fingerprint density at radius 1 is 0.833 bits per heavy atom. The molecule has 0 saturated carbocycles. The maximum Gasteiger partial charge on any atom is 0.401 e. The molecule has 0 bridgehead atoms. The van der Waals surface area contributed by atoms with Crippen LogP contribution in [0.25, 0.3) is 0 Å². The van der Waals surface area contributed by atoms with Gasteiger partial charge < -0.3 is 5.32 Å². The van der Waals surface area contributed by atoms with Crippen LogP contribution in [0.3, 0.4) is 0 Å². The van der Waals surface area contributed by atoms with Crippen molar-refractivity contribution in [1.82, 2.24) is 18.8 Å². The molecule has 0 aliphatic carbocycles. The fourth-order valence-corrected chi connectivity index (χ4v) is 4.50.